The van der Waals surface area contributed by atoms with Crippen molar-refractivity contribution in [3.63, 3.8) is 0 Å². The lowest BCUT2D eigenvalue weighted by Gasteiger charge is -2.27. The zero-order chi connectivity index (χ0) is 10.7. The minimum Gasteiger partial charge on any atom is -0.299 e. The molecule has 0 amide bonds. The highest BCUT2D eigenvalue weighted by molar-refractivity contribution is 6.99. The van der Waals surface area contributed by atoms with Gasteiger partial charge in [0, 0.05) is 5.92 Å². The lowest BCUT2D eigenvalue weighted by atomic mass is 9.77. The first-order valence-corrected chi connectivity index (χ1v) is 6.29. The van der Waals surface area contributed by atoms with Crippen LogP contribution in [-0.2, 0) is 11.2 Å². The van der Waals surface area contributed by atoms with Crippen LogP contribution in [0.5, 0.6) is 0 Å². The van der Waals surface area contributed by atoms with Crippen LogP contribution in [0.2, 0.25) is 0 Å². The molecule has 15 heavy (non-hydrogen) atoms. The first-order valence-electron chi connectivity index (χ1n) is 5.56. The van der Waals surface area contributed by atoms with Crippen LogP contribution in [0.4, 0.5) is 0 Å². The number of nitrogens with zero attached hydrogens (tertiary/aromatic N) is 2. The molecule has 1 aromatic heterocycles. The Morgan fingerprint density at radius 3 is 3.00 bits per heavy atom. The molecule has 2 unspecified atom stereocenters. The SMILES string of the molecule is CC1CCCCC1C(=O)Cc1cnsn1. The van der Waals surface area contributed by atoms with Crippen LogP contribution in [0.15, 0.2) is 6.20 Å². The molecule has 1 aromatic rings. The Kier molecular flexibility index (Phi) is 3.46. The van der Waals surface area contributed by atoms with Crippen LogP contribution in [0.25, 0.3) is 0 Å². The Morgan fingerprint density at radius 1 is 1.53 bits per heavy atom. The molecule has 1 saturated carbocycles. The summed E-state index contributed by atoms with van der Waals surface area (Å²) in [7, 11) is 0. The number of ketones is 1. The molecule has 4 heteroatoms. The molecular weight excluding hydrogens is 208 g/mol. The van der Waals surface area contributed by atoms with Gasteiger partial charge in [-0.3, -0.25) is 4.79 Å². The number of carbonyl (C=O) groups excluding carboxylic acids is 1. The molecular formula is C11H16N2OS. The van der Waals surface area contributed by atoms with Crippen molar-refractivity contribution in [3.05, 3.63) is 11.9 Å². The smallest absolute Gasteiger partial charge is 0.142 e. The van der Waals surface area contributed by atoms with E-state index in [0.717, 1.165) is 12.1 Å². The minimum atomic E-state index is 0.264. The number of hydrogen-bond donors (Lipinski definition) is 0. The fourth-order valence-electron chi connectivity index (χ4n) is 2.37. The summed E-state index contributed by atoms with van der Waals surface area (Å²) in [6, 6.07) is 0. The standard InChI is InChI=1S/C11H16N2OS/c1-8-4-2-3-5-10(8)11(14)6-9-7-12-15-13-9/h7-8,10H,2-6H2,1H3. The second kappa shape index (κ2) is 4.84. The topological polar surface area (TPSA) is 42.9 Å². The Morgan fingerprint density at radius 2 is 2.33 bits per heavy atom. The van der Waals surface area contributed by atoms with Gasteiger partial charge >= 0.3 is 0 Å². The normalized spacial score (nSPS) is 26.5. The first kappa shape index (κ1) is 10.7. The number of Topliss-reactive ketones (excluding diaryl/α,β-unsaturated/α-hetero) is 1. The van der Waals surface area contributed by atoms with Crippen molar-refractivity contribution in [1.82, 2.24) is 8.75 Å². The monoisotopic (exact) mass is 224 g/mol. The van der Waals surface area contributed by atoms with Crippen LogP contribution in [-0.4, -0.2) is 14.5 Å². The molecule has 0 aliphatic heterocycles. The second-order valence-electron chi connectivity index (χ2n) is 4.41. The Balaban J connectivity index is 1.95. The van der Waals surface area contributed by atoms with E-state index >= 15 is 0 Å². The average molecular weight is 224 g/mol. The minimum absolute atomic E-state index is 0.264. The highest BCUT2D eigenvalue weighted by Gasteiger charge is 2.27. The molecule has 0 N–H and O–H groups in total. The summed E-state index contributed by atoms with van der Waals surface area (Å²) in [5, 5.41) is 0. The van der Waals surface area contributed by atoms with Crippen molar-refractivity contribution >= 4 is 17.5 Å². The molecule has 1 aliphatic rings. The number of rotatable bonds is 3. The summed E-state index contributed by atoms with van der Waals surface area (Å²) in [4.78, 5) is 12.0. The van der Waals surface area contributed by atoms with E-state index < -0.39 is 0 Å². The summed E-state index contributed by atoms with van der Waals surface area (Å²) < 4.78 is 8.00. The van der Waals surface area contributed by atoms with E-state index in [0.29, 0.717) is 18.1 Å². The molecule has 1 aliphatic carbocycles. The van der Waals surface area contributed by atoms with E-state index in [9.17, 15) is 4.79 Å². The van der Waals surface area contributed by atoms with Crippen LogP contribution in [0, 0.1) is 11.8 Å². The quantitative estimate of drug-likeness (QED) is 0.792. The van der Waals surface area contributed by atoms with Gasteiger partial charge in [0.2, 0.25) is 0 Å². The van der Waals surface area contributed by atoms with E-state index in [4.69, 9.17) is 0 Å². The fourth-order valence-corrected chi connectivity index (χ4v) is 2.80. The first-order chi connectivity index (χ1) is 7.27. The average Bonchev–Trinajstić information content (AvgIpc) is 2.71. The predicted octanol–water partition coefficient (Wildman–Crippen LogP) is 2.48. The van der Waals surface area contributed by atoms with E-state index in [2.05, 4.69) is 15.7 Å². The highest BCUT2D eigenvalue weighted by atomic mass is 32.1. The molecule has 1 fully saturated rings. The summed E-state index contributed by atoms with van der Waals surface area (Å²) in [5.41, 5.74) is 0.836. The maximum absolute atomic E-state index is 12.0. The van der Waals surface area contributed by atoms with Crippen molar-refractivity contribution in [3.8, 4) is 0 Å². The molecule has 2 rings (SSSR count). The molecule has 2 atom stereocenters. The van der Waals surface area contributed by atoms with E-state index in [-0.39, 0.29) is 5.92 Å². The molecule has 82 valence electrons. The van der Waals surface area contributed by atoms with Gasteiger partial charge in [0.05, 0.1) is 30.0 Å². The van der Waals surface area contributed by atoms with Crippen LogP contribution in [0.3, 0.4) is 0 Å². The third-order valence-corrected chi connectivity index (χ3v) is 3.80. The highest BCUT2D eigenvalue weighted by Crippen LogP contribution is 2.30. The summed E-state index contributed by atoms with van der Waals surface area (Å²) in [5.74, 6) is 1.17. The van der Waals surface area contributed by atoms with Crippen molar-refractivity contribution in [2.24, 2.45) is 11.8 Å². The summed E-state index contributed by atoms with van der Waals surface area (Å²) in [6.07, 6.45) is 6.93. The van der Waals surface area contributed by atoms with Gasteiger partial charge in [-0.2, -0.15) is 8.75 Å². The van der Waals surface area contributed by atoms with Gasteiger partial charge in [0.15, 0.2) is 0 Å². The van der Waals surface area contributed by atoms with Gasteiger partial charge in [-0.05, 0) is 12.3 Å². The zero-order valence-corrected chi connectivity index (χ0v) is 9.80. The van der Waals surface area contributed by atoms with Gasteiger partial charge in [-0.1, -0.05) is 26.2 Å². The second-order valence-corrected chi connectivity index (χ2v) is 4.97. The van der Waals surface area contributed by atoms with Gasteiger partial charge in [-0.25, -0.2) is 0 Å². The van der Waals surface area contributed by atoms with E-state index in [1.54, 1.807) is 6.20 Å². The van der Waals surface area contributed by atoms with Crippen molar-refractivity contribution in [2.45, 2.75) is 39.0 Å². The van der Waals surface area contributed by atoms with Gasteiger partial charge in [0.25, 0.3) is 0 Å². The Labute approximate surface area is 94.2 Å². The number of hydrogen-bond acceptors (Lipinski definition) is 4. The van der Waals surface area contributed by atoms with Crippen molar-refractivity contribution in [2.75, 3.05) is 0 Å². The number of carbonyl (C=O) groups is 1. The zero-order valence-electron chi connectivity index (χ0n) is 8.98. The van der Waals surface area contributed by atoms with Crippen molar-refractivity contribution < 1.29 is 4.79 Å². The van der Waals surface area contributed by atoms with Gasteiger partial charge in [-0.15, -0.1) is 0 Å². The maximum Gasteiger partial charge on any atom is 0.142 e. The molecule has 0 saturated heterocycles. The maximum atomic E-state index is 12.0. The van der Waals surface area contributed by atoms with Crippen LogP contribution < -0.4 is 0 Å². The van der Waals surface area contributed by atoms with Crippen molar-refractivity contribution in [1.29, 1.82) is 0 Å². The summed E-state index contributed by atoms with van der Waals surface area (Å²) >= 11 is 1.18. The lowest BCUT2D eigenvalue weighted by Crippen LogP contribution is -2.26. The molecule has 0 spiro atoms. The molecule has 3 nitrogen and oxygen atoms in total. The van der Waals surface area contributed by atoms with E-state index in [1.165, 1.54) is 31.0 Å². The third-order valence-electron chi connectivity index (χ3n) is 3.29. The van der Waals surface area contributed by atoms with Gasteiger partial charge in [0.1, 0.15) is 5.78 Å². The molecule has 0 bridgehead atoms. The Bertz CT molecular complexity index is 323. The fraction of sp³-hybridized carbons (Fsp3) is 0.727. The number of aromatic nitrogens is 2. The predicted molar refractivity (Wildman–Crippen MR) is 59.7 cm³/mol. The molecule has 0 aromatic carbocycles. The molecule has 0 radical (unpaired) electrons. The van der Waals surface area contributed by atoms with Gasteiger partial charge < -0.3 is 0 Å². The lowest BCUT2D eigenvalue weighted by molar-refractivity contribution is -0.124. The Hall–Kier alpha value is -0.770. The third kappa shape index (κ3) is 2.62. The largest absolute Gasteiger partial charge is 0.299 e. The van der Waals surface area contributed by atoms with Crippen LogP contribution in [0.1, 0.15) is 38.3 Å². The molecule has 1 heterocycles. The summed E-state index contributed by atoms with van der Waals surface area (Å²) in [6.45, 7) is 2.20. The van der Waals surface area contributed by atoms with Crippen LogP contribution >= 0.6 is 11.7 Å². The van der Waals surface area contributed by atoms with E-state index in [1.807, 2.05) is 0 Å².